The number of nitrogens with one attached hydrogen (secondary N) is 3. The Labute approximate surface area is 261 Å². The van der Waals surface area contributed by atoms with Gasteiger partial charge in [-0.3, -0.25) is 15.1 Å². The molecular weight excluding hydrogens is 567 g/mol. The van der Waals surface area contributed by atoms with Gasteiger partial charge in [-0.1, -0.05) is 18.9 Å². The molecular formula is C35H37FN8O. The van der Waals surface area contributed by atoms with Crippen LogP contribution in [-0.4, -0.2) is 68.8 Å². The van der Waals surface area contributed by atoms with Crippen LogP contribution in [0.3, 0.4) is 0 Å². The maximum absolute atomic E-state index is 14.7. The number of pyridine rings is 2. The third-order valence-corrected chi connectivity index (χ3v) is 8.51. The molecule has 0 aliphatic heterocycles. The van der Waals surface area contributed by atoms with Gasteiger partial charge in [0, 0.05) is 54.3 Å². The van der Waals surface area contributed by atoms with Crippen LogP contribution in [0, 0.1) is 11.7 Å². The summed E-state index contributed by atoms with van der Waals surface area (Å²) < 4.78 is 20.5. The van der Waals surface area contributed by atoms with Crippen molar-refractivity contribution in [3.63, 3.8) is 0 Å². The zero-order chi connectivity index (χ0) is 30.8. The van der Waals surface area contributed by atoms with Gasteiger partial charge in [-0.2, -0.15) is 5.10 Å². The number of hydrogen-bond donors (Lipinski definition) is 3. The van der Waals surface area contributed by atoms with Gasteiger partial charge in [0.05, 0.1) is 16.7 Å². The van der Waals surface area contributed by atoms with Crippen LogP contribution in [-0.2, 0) is 6.54 Å². The van der Waals surface area contributed by atoms with Gasteiger partial charge < -0.3 is 19.9 Å². The lowest BCUT2D eigenvalue weighted by Gasteiger charge is -2.12. The Morgan fingerprint density at radius 2 is 1.84 bits per heavy atom. The first-order valence-corrected chi connectivity index (χ1v) is 15.6. The van der Waals surface area contributed by atoms with E-state index in [-0.39, 0.29) is 0 Å². The number of ether oxygens (including phenoxy) is 1. The zero-order valence-corrected chi connectivity index (χ0v) is 25.6. The molecule has 4 aromatic heterocycles. The molecule has 6 aromatic rings. The molecule has 230 valence electrons. The van der Waals surface area contributed by atoms with Gasteiger partial charge in [0.2, 0.25) is 0 Å². The summed E-state index contributed by atoms with van der Waals surface area (Å²) in [7, 11) is 3.93. The highest BCUT2D eigenvalue weighted by Crippen LogP contribution is 2.34. The largest absolute Gasteiger partial charge is 0.492 e. The monoisotopic (exact) mass is 604 g/mol. The first kappa shape index (κ1) is 29.1. The molecule has 45 heavy (non-hydrogen) atoms. The van der Waals surface area contributed by atoms with E-state index in [1.165, 1.54) is 43.4 Å². The minimum atomic E-state index is -0.393. The highest BCUT2D eigenvalue weighted by Gasteiger charge is 2.18. The molecule has 10 heteroatoms. The summed E-state index contributed by atoms with van der Waals surface area (Å²) in [4.78, 5) is 19.5. The van der Waals surface area contributed by atoms with E-state index in [9.17, 15) is 4.39 Å². The standard InChI is InChI=1S/C35H37FN8O/c1-44(2)11-12-45-28-15-25(14-27(36)17-28)32-34-31(9-10-39-32)40-35(41-34)33-29-16-24(7-8-30(29)42-43-33)26-13-23(20-38-21-26)19-37-18-22-5-3-4-6-22/h7-10,13-17,20-22,37H,3-6,11-12,18-19H2,1-2H3,(H,40,41)(H,42,43). The van der Waals surface area contributed by atoms with E-state index in [0.29, 0.717) is 40.6 Å². The number of aromatic amines is 2. The Hall–Kier alpha value is -4.67. The summed E-state index contributed by atoms with van der Waals surface area (Å²) in [5, 5.41) is 12.3. The molecule has 0 atom stereocenters. The zero-order valence-electron chi connectivity index (χ0n) is 25.6. The van der Waals surface area contributed by atoms with Crippen molar-refractivity contribution in [3.05, 3.63) is 78.5 Å². The summed E-state index contributed by atoms with van der Waals surface area (Å²) in [5.41, 5.74) is 7.44. The second-order valence-corrected chi connectivity index (χ2v) is 12.2. The van der Waals surface area contributed by atoms with Crippen LogP contribution in [0.1, 0.15) is 31.2 Å². The first-order chi connectivity index (χ1) is 22.0. The van der Waals surface area contributed by atoms with Crippen LogP contribution < -0.4 is 10.1 Å². The van der Waals surface area contributed by atoms with Gasteiger partial charge >= 0.3 is 0 Å². The fraction of sp³-hybridized carbons (Fsp3) is 0.314. The van der Waals surface area contributed by atoms with E-state index in [0.717, 1.165) is 53.1 Å². The van der Waals surface area contributed by atoms with Crippen LogP contribution >= 0.6 is 0 Å². The van der Waals surface area contributed by atoms with Crippen molar-refractivity contribution in [2.45, 2.75) is 32.2 Å². The van der Waals surface area contributed by atoms with Crippen molar-refractivity contribution in [3.8, 4) is 39.7 Å². The van der Waals surface area contributed by atoms with E-state index in [2.05, 4.69) is 48.7 Å². The topological polar surface area (TPSA) is 108 Å². The van der Waals surface area contributed by atoms with Crippen LogP contribution in [0.4, 0.5) is 4.39 Å². The third kappa shape index (κ3) is 6.43. The molecule has 3 N–H and O–H groups in total. The predicted molar refractivity (Wildman–Crippen MR) is 175 cm³/mol. The normalized spacial score (nSPS) is 13.9. The molecule has 0 radical (unpaired) electrons. The fourth-order valence-electron chi connectivity index (χ4n) is 6.14. The van der Waals surface area contributed by atoms with Crippen LogP contribution in [0.25, 0.3) is 55.8 Å². The molecule has 0 amide bonds. The number of imidazole rings is 1. The number of likely N-dealkylation sites (N-methyl/N-ethyl adjacent to an activating group) is 1. The fourth-order valence-corrected chi connectivity index (χ4v) is 6.14. The molecule has 1 aliphatic carbocycles. The Kier molecular flexibility index (Phi) is 8.23. The van der Waals surface area contributed by atoms with Crippen LogP contribution in [0.15, 0.2) is 67.1 Å². The second kappa shape index (κ2) is 12.7. The van der Waals surface area contributed by atoms with E-state index in [4.69, 9.17) is 9.72 Å². The molecule has 0 saturated heterocycles. The molecule has 9 nitrogen and oxygen atoms in total. The van der Waals surface area contributed by atoms with Gasteiger partial charge in [0.25, 0.3) is 0 Å². The highest BCUT2D eigenvalue weighted by molar-refractivity contribution is 5.97. The second-order valence-electron chi connectivity index (χ2n) is 12.2. The first-order valence-electron chi connectivity index (χ1n) is 15.6. The number of benzene rings is 2. The van der Waals surface area contributed by atoms with Crippen molar-refractivity contribution < 1.29 is 9.13 Å². The summed E-state index contributed by atoms with van der Waals surface area (Å²) in [6, 6.07) is 15.0. The minimum Gasteiger partial charge on any atom is -0.492 e. The predicted octanol–water partition coefficient (Wildman–Crippen LogP) is 6.59. The maximum atomic E-state index is 14.7. The molecule has 1 aliphatic rings. The number of rotatable bonds is 11. The van der Waals surface area contributed by atoms with Gasteiger partial charge in [-0.15, -0.1) is 0 Å². The number of hydrogen-bond acceptors (Lipinski definition) is 7. The molecule has 0 bridgehead atoms. The van der Waals surface area contributed by atoms with Crippen LogP contribution in [0.2, 0.25) is 0 Å². The van der Waals surface area contributed by atoms with Crippen LogP contribution in [0.5, 0.6) is 5.75 Å². The van der Waals surface area contributed by atoms with E-state index < -0.39 is 5.82 Å². The summed E-state index contributed by atoms with van der Waals surface area (Å²) in [6.07, 6.45) is 10.9. The molecule has 0 unspecified atom stereocenters. The summed E-state index contributed by atoms with van der Waals surface area (Å²) in [5.74, 6) is 1.46. The van der Waals surface area contributed by atoms with E-state index in [1.807, 2.05) is 43.5 Å². The number of halogens is 1. The Balaban J connectivity index is 1.17. The molecule has 7 rings (SSSR count). The molecule has 2 aromatic carbocycles. The number of fused-ring (bicyclic) bond motifs is 2. The third-order valence-electron chi connectivity index (χ3n) is 8.51. The lowest BCUT2D eigenvalue weighted by Crippen LogP contribution is -2.20. The number of nitrogens with zero attached hydrogens (tertiary/aromatic N) is 5. The average Bonchev–Trinajstić information content (AvgIpc) is 3.80. The molecule has 1 saturated carbocycles. The van der Waals surface area contributed by atoms with Crippen molar-refractivity contribution in [1.82, 2.24) is 40.3 Å². The highest BCUT2D eigenvalue weighted by atomic mass is 19.1. The lowest BCUT2D eigenvalue weighted by atomic mass is 10.0. The summed E-state index contributed by atoms with van der Waals surface area (Å²) in [6.45, 7) is 3.04. The van der Waals surface area contributed by atoms with Crippen molar-refractivity contribution in [2.24, 2.45) is 5.92 Å². The lowest BCUT2D eigenvalue weighted by molar-refractivity contribution is 0.260. The molecule has 4 heterocycles. The SMILES string of the molecule is CN(C)CCOc1cc(F)cc(-c2nccc3[nH]c(-c4n[nH]c5ccc(-c6cncc(CNCC7CCCC7)c6)cc45)nc23)c1. The van der Waals surface area contributed by atoms with Gasteiger partial charge in [0.15, 0.2) is 5.82 Å². The Bertz CT molecular complexity index is 1940. The molecule has 1 fully saturated rings. The maximum Gasteiger partial charge on any atom is 0.159 e. The van der Waals surface area contributed by atoms with E-state index >= 15 is 0 Å². The molecule has 0 spiro atoms. The minimum absolute atomic E-state index is 0.393. The number of H-pyrrole nitrogens is 2. The Morgan fingerprint density at radius 1 is 0.956 bits per heavy atom. The van der Waals surface area contributed by atoms with Gasteiger partial charge in [0.1, 0.15) is 29.4 Å². The Morgan fingerprint density at radius 3 is 2.71 bits per heavy atom. The van der Waals surface area contributed by atoms with Gasteiger partial charge in [-0.25, -0.2) is 9.37 Å². The van der Waals surface area contributed by atoms with Crippen molar-refractivity contribution >= 4 is 21.9 Å². The van der Waals surface area contributed by atoms with Crippen molar-refractivity contribution in [2.75, 3.05) is 33.8 Å². The van der Waals surface area contributed by atoms with Gasteiger partial charge in [-0.05, 0) is 86.9 Å². The quantitative estimate of drug-likeness (QED) is 0.153. The number of aromatic nitrogens is 6. The van der Waals surface area contributed by atoms with Crippen molar-refractivity contribution in [1.29, 1.82) is 0 Å². The average molecular weight is 605 g/mol. The summed E-state index contributed by atoms with van der Waals surface area (Å²) >= 11 is 0. The van der Waals surface area contributed by atoms with E-state index in [1.54, 1.807) is 12.3 Å². The smallest absolute Gasteiger partial charge is 0.159 e.